The smallest absolute Gasteiger partial charge is 0.340 e. The van der Waals surface area contributed by atoms with Crippen molar-refractivity contribution in [3.63, 3.8) is 0 Å². The Morgan fingerprint density at radius 1 is 1.02 bits per heavy atom. The van der Waals surface area contributed by atoms with E-state index in [2.05, 4.69) is 15.0 Å². The zero-order valence-corrected chi connectivity index (χ0v) is 27.7. The molecule has 1 unspecified atom stereocenters. The minimum absolute atomic E-state index is 0.00400. The van der Waals surface area contributed by atoms with Crippen molar-refractivity contribution < 1.29 is 46.5 Å². The molecule has 42 heavy (non-hydrogen) atoms. The predicted molar refractivity (Wildman–Crippen MR) is 154 cm³/mol. The van der Waals surface area contributed by atoms with Crippen molar-refractivity contribution >= 4 is 61.3 Å². The first-order chi connectivity index (χ1) is 19.6. The second kappa shape index (κ2) is 14.4. The van der Waals surface area contributed by atoms with E-state index in [-0.39, 0.29) is 40.8 Å². The van der Waals surface area contributed by atoms with E-state index in [1.165, 1.54) is 24.7 Å². The van der Waals surface area contributed by atoms with E-state index in [9.17, 15) is 18.7 Å². The SMILES string of the molecule is CCOP(=O)(CC[C@H]1O[C@@H](n2cnc3c(Cl)nc(Cl)nc32)[C@H](OC(C)=O)[C@@H]1OC(C)=O)CP(=O)(OC(C)C)OC(C)C. The molecule has 0 saturated carbocycles. The zero-order valence-electron chi connectivity index (χ0n) is 24.4. The van der Waals surface area contributed by atoms with E-state index in [4.69, 9.17) is 51.0 Å². The summed E-state index contributed by atoms with van der Waals surface area (Å²) in [5.41, 5.74) is 0.396. The van der Waals surface area contributed by atoms with Crippen molar-refractivity contribution in [3.05, 3.63) is 16.8 Å². The summed E-state index contributed by atoms with van der Waals surface area (Å²) in [5, 5.41) is -0.160. The van der Waals surface area contributed by atoms with Gasteiger partial charge in [-0.05, 0) is 52.6 Å². The van der Waals surface area contributed by atoms with Crippen LogP contribution in [0.3, 0.4) is 0 Å². The van der Waals surface area contributed by atoms with Gasteiger partial charge in [0, 0.05) is 20.0 Å². The molecule has 236 valence electrons. The molecule has 18 heteroatoms. The highest BCUT2D eigenvalue weighted by Gasteiger charge is 2.51. The second-order valence-electron chi connectivity index (χ2n) is 10.1. The molecule has 1 aliphatic rings. The molecular formula is C24H36Cl2N4O10P2. The highest BCUT2D eigenvalue weighted by molar-refractivity contribution is 7.73. The lowest BCUT2D eigenvalue weighted by Gasteiger charge is -2.28. The van der Waals surface area contributed by atoms with Crippen LogP contribution in [-0.4, -0.2) is 80.6 Å². The summed E-state index contributed by atoms with van der Waals surface area (Å²) in [7, 11) is -7.50. The topological polar surface area (TPSA) is 167 Å². The minimum Gasteiger partial charge on any atom is -0.456 e. The number of imidazole rings is 1. The van der Waals surface area contributed by atoms with E-state index in [1.54, 1.807) is 34.6 Å². The van der Waals surface area contributed by atoms with Crippen LogP contribution in [0.4, 0.5) is 0 Å². The first-order valence-corrected chi connectivity index (χ1v) is 17.8. The quantitative estimate of drug-likeness (QED) is 0.105. The molecule has 1 saturated heterocycles. The third-order valence-electron chi connectivity index (χ3n) is 5.77. The van der Waals surface area contributed by atoms with Gasteiger partial charge in [-0.1, -0.05) is 11.6 Å². The van der Waals surface area contributed by atoms with Crippen molar-refractivity contribution in [2.75, 3.05) is 18.7 Å². The molecule has 14 nitrogen and oxygen atoms in total. The van der Waals surface area contributed by atoms with Gasteiger partial charge in [0.05, 0.1) is 25.1 Å². The second-order valence-corrected chi connectivity index (χ2v) is 15.9. The van der Waals surface area contributed by atoms with Crippen LogP contribution in [0.1, 0.15) is 61.1 Å². The van der Waals surface area contributed by atoms with Gasteiger partial charge >= 0.3 is 19.5 Å². The molecule has 0 aliphatic carbocycles. The fourth-order valence-corrected chi connectivity index (χ4v) is 11.1. The molecule has 2 aromatic heterocycles. The summed E-state index contributed by atoms with van der Waals surface area (Å²) in [5.74, 6) is -1.80. The highest BCUT2D eigenvalue weighted by Crippen LogP contribution is 2.64. The third-order valence-corrected chi connectivity index (χ3v) is 12.5. The standard InChI is InChI=1S/C24H36Cl2N4O10P2/c1-8-35-41(33,12-42(34,39-13(2)3)40-14(4)5)10-9-17-19(36-15(6)31)20(37-16(7)32)23(38-17)30-11-27-18-21(25)28-24(26)29-22(18)30/h11,13-14,17,19-20,23H,8-10,12H2,1-7H3/t17-,19-,20-,23-,41?/m1/s1. The zero-order chi connectivity index (χ0) is 31.4. The lowest BCUT2D eigenvalue weighted by Crippen LogP contribution is -2.39. The molecule has 0 bridgehead atoms. The van der Waals surface area contributed by atoms with Crippen LogP contribution in [0.25, 0.3) is 11.2 Å². The van der Waals surface area contributed by atoms with E-state index in [1.807, 2.05) is 0 Å². The molecule has 3 rings (SSSR count). The van der Waals surface area contributed by atoms with Gasteiger partial charge in [-0.25, -0.2) is 9.97 Å². The maximum atomic E-state index is 14.0. The van der Waals surface area contributed by atoms with Gasteiger partial charge in [-0.3, -0.25) is 23.3 Å². The van der Waals surface area contributed by atoms with Crippen LogP contribution in [0.15, 0.2) is 6.33 Å². The molecule has 1 aliphatic heterocycles. The number of esters is 2. The number of ether oxygens (including phenoxy) is 3. The van der Waals surface area contributed by atoms with E-state index < -0.39 is 69.6 Å². The summed E-state index contributed by atoms with van der Waals surface area (Å²) < 4.78 is 63.3. The van der Waals surface area contributed by atoms with Crippen LogP contribution >= 0.6 is 38.2 Å². The summed E-state index contributed by atoms with van der Waals surface area (Å²) in [6, 6.07) is 0. The fourth-order valence-electron chi connectivity index (χ4n) is 4.59. The molecule has 1 fully saturated rings. The Balaban J connectivity index is 1.97. The number of rotatable bonds is 14. The number of carbonyl (C=O) groups is 2. The number of aromatic nitrogens is 4. The van der Waals surface area contributed by atoms with Crippen LogP contribution < -0.4 is 0 Å². The van der Waals surface area contributed by atoms with E-state index in [0.717, 1.165) is 0 Å². The Morgan fingerprint density at radius 2 is 1.62 bits per heavy atom. The number of carbonyl (C=O) groups excluding carboxylic acids is 2. The van der Waals surface area contributed by atoms with Crippen molar-refractivity contribution in [3.8, 4) is 0 Å². The Kier molecular flexibility index (Phi) is 12.0. The number of hydrogen-bond donors (Lipinski definition) is 0. The average Bonchev–Trinajstić information content (AvgIpc) is 3.37. The van der Waals surface area contributed by atoms with Crippen molar-refractivity contribution in [1.29, 1.82) is 0 Å². The maximum absolute atomic E-state index is 14.0. The van der Waals surface area contributed by atoms with Crippen molar-refractivity contribution in [2.24, 2.45) is 0 Å². The average molecular weight is 673 g/mol. The van der Waals surface area contributed by atoms with Gasteiger partial charge < -0.3 is 27.8 Å². The van der Waals surface area contributed by atoms with Crippen molar-refractivity contribution in [1.82, 2.24) is 19.5 Å². The normalized spacial score (nSPS) is 22.5. The van der Waals surface area contributed by atoms with Gasteiger partial charge in [0.2, 0.25) is 12.7 Å². The molecule has 3 heterocycles. The molecule has 2 aromatic rings. The van der Waals surface area contributed by atoms with Gasteiger partial charge in [-0.2, -0.15) is 4.98 Å². The molecule has 5 atom stereocenters. The largest absolute Gasteiger partial charge is 0.456 e. The number of nitrogens with zero attached hydrogens (tertiary/aromatic N) is 4. The van der Waals surface area contributed by atoms with Crippen LogP contribution in [0.2, 0.25) is 10.4 Å². The lowest BCUT2D eigenvalue weighted by molar-refractivity contribution is -0.165. The molecular weight excluding hydrogens is 637 g/mol. The molecule has 0 aromatic carbocycles. The number of hydrogen-bond acceptors (Lipinski definition) is 13. The molecule has 0 spiro atoms. The first kappa shape index (κ1) is 34.9. The molecule has 0 N–H and O–H groups in total. The summed E-state index contributed by atoms with van der Waals surface area (Å²) in [6.45, 7) is 10.9. The first-order valence-electron chi connectivity index (χ1n) is 13.3. The van der Waals surface area contributed by atoms with Crippen LogP contribution in [-0.2, 0) is 46.5 Å². The van der Waals surface area contributed by atoms with Crippen LogP contribution in [0, 0.1) is 0 Å². The van der Waals surface area contributed by atoms with Crippen LogP contribution in [0.5, 0.6) is 0 Å². The fraction of sp³-hybridized carbons (Fsp3) is 0.708. The lowest BCUT2D eigenvalue weighted by atomic mass is 10.1. The number of fused-ring (bicyclic) bond motifs is 1. The molecule has 0 amide bonds. The van der Waals surface area contributed by atoms with E-state index >= 15 is 0 Å². The summed E-state index contributed by atoms with van der Waals surface area (Å²) in [4.78, 5) is 36.5. The van der Waals surface area contributed by atoms with Gasteiger partial charge in [0.15, 0.2) is 29.2 Å². The Hall–Kier alpha value is -1.63. The van der Waals surface area contributed by atoms with Gasteiger partial charge in [0.25, 0.3) is 0 Å². The minimum atomic E-state index is -3.84. The highest BCUT2D eigenvalue weighted by atomic mass is 35.5. The monoisotopic (exact) mass is 672 g/mol. The Bertz CT molecular complexity index is 1360. The summed E-state index contributed by atoms with van der Waals surface area (Å²) in [6.07, 6.45) is -4.04. The van der Waals surface area contributed by atoms with Crippen molar-refractivity contribution in [2.45, 2.75) is 91.6 Å². The molecule has 0 radical (unpaired) electrons. The number of halogens is 2. The predicted octanol–water partition coefficient (Wildman–Crippen LogP) is 5.60. The summed E-state index contributed by atoms with van der Waals surface area (Å²) >= 11 is 12.2. The van der Waals surface area contributed by atoms with Gasteiger partial charge in [0.1, 0.15) is 17.5 Å². The third kappa shape index (κ3) is 8.95. The Labute approximate surface area is 254 Å². The van der Waals surface area contributed by atoms with Gasteiger partial charge in [-0.15, -0.1) is 0 Å². The Morgan fingerprint density at radius 3 is 2.17 bits per heavy atom. The maximum Gasteiger partial charge on any atom is 0.340 e. The van der Waals surface area contributed by atoms with E-state index in [0.29, 0.717) is 0 Å².